The number of fused-ring (bicyclic) bond motifs is 1. The van der Waals surface area contributed by atoms with Gasteiger partial charge in [-0.05, 0) is 12.1 Å². The molecule has 2 heterocycles. The Morgan fingerprint density at radius 3 is 2.74 bits per heavy atom. The van der Waals surface area contributed by atoms with Crippen LogP contribution in [0, 0.1) is 0 Å². The number of aromatic nitrogens is 3. The number of hydrogen-bond donors (Lipinski definition) is 3. The predicted molar refractivity (Wildman–Crippen MR) is 77.9 cm³/mol. The molecule has 0 saturated carbocycles. The minimum Gasteiger partial charge on any atom is -0.480 e. The topological polar surface area (TPSA) is 151 Å². The molecule has 1 aliphatic heterocycles. The van der Waals surface area contributed by atoms with Crippen LogP contribution in [0.4, 0.5) is 5.69 Å². The lowest BCUT2D eigenvalue weighted by Crippen LogP contribution is -2.51. The number of aromatic amines is 1. The fraction of sp³-hybridized carbons (Fsp3) is 0.250. The van der Waals surface area contributed by atoms with Gasteiger partial charge in [0.15, 0.2) is 0 Å². The van der Waals surface area contributed by atoms with Crippen molar-refractivity contribution in [3.05, 3.63) is 40.6 Å². The first kappa shape index (κ1) is 15.2. The first-order valence-corrected chi connectivity index (χ1v) is 7.99. The lowest BCUT2D eigenvalue weighted by Gasteiger charge is -2.31. The van der Waals surface area contributed by atoms with E-state index in [4.69, 9.17) is 5.73 Å². The molecule has 0 amide bonds. The number of H-pyrrole nitrogens is 1. The molecule has 0 spiro atoms. The number of benzene rings is 1. The van der Waals surface area contributed by atoms with E-state index in [9.17, 15) is 23.1 Å². The van der Waals surface area contributed by atoms with Gasteiger partial charge in [0.2, 0.25) is 10.0 Å². The van der Waals surface area contributed by atoms with Crippen LogP contribution in [0.2, 0.25) is 0 Å². The van der Waals surface area contributed by atoms with Crippen molar-refractivity contribution < 1.29 is 18.3 Å². The van der Waals surface area contributed by atoms with E-state index in [-0.39, 0.29) is 29.5 Å². The van der Waals surface area contributed by atoms with Crippen LogP contribution in [0.3, 0.4) is 0 Å². The molecular weight excluding hydrogens is 326 g/mol. The number of carbonyl (C=O) groups is 1. The predicted octanol–water partition coefficient (Wildman–Crippen LogP) is -1.19. The summed E-state index contributed by atoms with van der Waals surface area (Å²) in [6, 6.07) is 4.35. The van der Waals surface area contributed by atoms with Crippen molar-refractivity contribution >= 4 is 21.7 Å². The van der Waals surface area contributed by atoms with E-state index in [1.54, 1.807) is 6.07 Å². The van der Waals surface area contributed by atoms with Crippen molar-refractivity contribution in [1.82, 2.24) is 19.1 Å². The van der Waals surface area contributed by atoms with Gasteiger partial charge in [-0.15, -0.1) is 0 Å². The molecule has 1 aromatic heterocycles. The Morgan fingerprint density at radius 1 is 1.39 bits per heavy atom. The van der Waals surface area contributed by atoms with Gasteiger partial charge in [-0.25, -0.2) is 18.3 Å². The van der Waals surface area contributed by atoms with E-state index < -0.39 is 27.7 Å². The number of anilines is 1. The highest BCUT2D eigenvalue weighted by Crippen LogP contribution is 2.27. The van der Waals surface area contributed by atoms with Crippen LogP contribution in [0.25, 0.3) is 0 Å². The van der Waals surface area contributed by atoms with Crippen LogP contribution in [-0.4, -0.2) is 44.6 Å². The number of nitrogens with two attached hydrogens (primary N) is 1. The summed E-state index contributed by atoms with van der Waals surface area (Å²) in [6.07, 6.45) is 0. The van der Waals surface area contributed by atoms with E-state index in [1.165, 1.54) is 18.2 Å². The number of sulfonamides is 1. The van der Waals surface area contributed by atoms with Crippen LogP contribution in [0.5, 0.6) is 0 Å². The highest BCUT2D eigenvalue weighted by molar-refractivity contribution is 7.89. The maximum atomic E-state index is 12.8. The Kier molecular flexibility index (Phi) is 3.45. The van der Waals surface area contributed by atoms with Crippen molar-refractivity contribution in [3.8, 4) is 0 Å². The Balaban J connectivity index is 2.12. The molecule has 4 N–H and O–H groups in total. The molecule has 10 nitrogen and oxygen atoms in total. The van der Waals surface area contributed by atoms with Gasteiger partial charge < -0.3 is 10.8 Å². The summed E-state index contributed by atoms with van der Waals surface area (Å²) in [7, 11) is -4.16. The third-order valence-electron chi connectivity index (χ3n) is 3.63. The minimum atomic E-state index is -4.16. The molecule has 0 bridgehead atoms. The second-order valence-electron chi connectivity index (χ2n) is 5.00. The Bertz CT molecular complexity index is 931. The summed E-state index contributed by atoms with van der Waals surface area (Å²) in [5.41, 5.74) is 5.14. The molecule has 1 aliphatic rings. The van der Waals surface area contributed by atoms with Crippen LogP contribution >= 0.6 is 0 Å². The maximum absolute atomic E-state index is 12.8. The summed E-state index contributed by atoms with van der Waals surface area (Å²) in [4.78, 5) is 22.9. The fourth-order valence-corrected chi connectivity index (χ4v) is 4.11. The first-order valence-electron chi connectivity index (χ1n) is 6.55. The zero-order valence-corrected chi connectivity index (χ0v) is 12.5. The Labute approximate surface area is 130 Å². The number of nitrogen functional groups attached to an aromatic ring is 1. The number of hydrogen-bond acceptors (Lipinski definition) is 6. The zero-order chi connectivity index (χ0) is 16.8. The molecule has 3 rings (SSSR count). The van der Waals surface area contributed by atoms with Gasteiger partial charge in [-0.2, -0.15) is 9.40 Å². The standard InChI is InChI=1S/C12H13N5O5S/c13-7-3-1-2-4-9(7)23(21,22)17-6-10-14-15-12(20)16(10)5-8(17)11(18)19/h1-4,8H,5-6,13H2,(H,15,20)(H,18,19). The van der Waals surface area contributed by atoms with Crippen molar-refractivity contribution in [2.24, 2.45) is 0 Å². The van der Waals surface area contributed by atoms with Crippen molar-refractivity contribution in [2.45, 2.75) is 24.0 Å². The average molecular weight is 339 g/mol. The Hall–Kier alpha value is -2.66. The third-order valence-corrected chi connectivity index (χ3v) is 5.56. The van der Waals surface area contributed by atoms with E-state index in [2.05, 4.69) is 10.2 Å². The number of carboxylic acid groups (broad SMARTS) is 1. The largest absolute Gasteiger partial charge is 0.480 e. The summed E-state index contributed by atoms with van der Waals surface area (Å²) in [5.74, 6) is -1.22. The first-order chi connectivity index (χ1) is 10.8. The van der Waals surface area contributed by atoms with Crippen LogP contribution < -0.4 is 11.4 Å². The van der Waals surface area contributed by atoms with E-state index in [1.807, 2.05) is 0 Å². The summed E-state index contributed by atoms with van der Waals surface area (Å²) < 4.78 is 27.5. The number of nitrogens with one attached hydrogen (secondary N) is 1. The third kappa shape index (κ3) is 2.39. The smallest absolute Gasteiger partial charge is 0.343 e. The van der Waals surface area contributed by atoms with Crippen LogP contribution in [-0.2, 0) is 27.9 Å². The van der Waals surface area contributed by atoms with E-state index in [0.29, 0.717) is 0 Å². The maximum Gasteiger partial charge on any atom is 0.343 e. The summed E-state index contributed by atoms with van der Waals surface area (Å²) in [6.45, 7) is -0.668. The van der Waals surface area contributed by atoms with Crippen molar-refractivity contribution in [1.29, 1.82) is 0 Å². The summed E-state index contributed by atoms with van der Waals surface area (Å²) >= 11 is 0. The monoisotopic (exact) mass is 339 g/mol. The zero-order valence-electron chi connectivity index (χ0n) is 11.7. The molecule has 0 radical (unpaired) electrons. The van der Waals surface area contributed by atoms with Gasteiger partial charge in [-0.3, -0.25) is 9.36 Å². The normalized spacial score (nSPS) is 18.5. The molecule has 11 heteroatoms. The van der Waals surface area contributed by atoms with Gasteiger partial charge in [0, 0.05) is 0 Å². The highest BCUT2D eigenvalue weighted by Gasteiger charge is 2.41. The molecule has 23 heavy (non-hydrogen) atoms. The lowest BCUT2D eigenvalue weighted by molar-refractivity contribution is -0.142. The Morgan fingerprint density at radius 2 is 2.09 bits per heavy atom. The van der Waals surface area contributed by atoms with Gasteiger partial charge in [0.05, 0.1) is 18.8 Å². The summed E-state index contributed by atoms with van der Waals surface area (Å²) in [5, 5.41) is 15.3. The molecule has 1 unspecified atom stereocenters. The van der Waals surface area contributed by atoms with Crippen molar-refractivity contribution in [2.75, 3.05) is 5.73 Å². The van der Waals surface area contributed by atoms with E-state index in [0.717, 1.165) is 8.87 Å². The molecule has 1 aromatic carbocycles. The van der Waals surface area contributed by atoms with Crippen LogP contribution in [0.15, 0.2) is 34.0 Å². The van der Waals surface area contributed by atoms with Crippen molar-refractivity contribution in [3.63, 3.8) is 0 Å². The molecular formula is C12H13N5O5S. The number of nitrogens with zero attached hydrogens (tertiary/aromatic N) is 3. The number of rotatable bonds is 3. The lowest BCUT2D eigenvalue weighted by atomic mass is 10.2. The van der Waals surface area contributed by atoms with Gasteiger partial charge >= 0.3 is 11.7 Å². The average Bonchev–Trinajstić information content (AvgIpc) is 2.87. The van der Waals surface area contributed by atoms with Gasteiger partial charge in [0.25, 0.3) is 0 Å². The number of para-hydroxylation sites is 1. The quantitative estimate of drug-likeness (QED) is 0.595. The second-order valence-corrected chi connectivity index (χ2v) is 6.86. The second kappa shape index (κ2) is 5.21. The van der Waals surface area contributed by atoms with E-state index >= 15 is 0 Å². The van der Waals surface area contributed by atoms with Crippen LogP contribution in [0.1, 0.15) is 5.82 Å². The highest BCUT2D eigenvalue weighted by atomic mass is 32.2. The molecule has 0 fully saturated rings. The molecule has 0 aliphatic carbocycles. The van der Waals surface area contributed by atoms with Gasteiger partial charge in [-0.1, -0.05) is 12.1 Å². The molecule has 122 valence electrons. The fourth-order valence-electron chi connectivity index (χ4n) is 2.47. The SMILES string of the molecule is Nc1ccccc1S(=O)(=O)N1Cc2n[nH]c(=O)n2CC1C(=O)O. The number of carboxylic acids is 1. The molecule has 0 saturated heterocycles. The molecule has 2 aromatic rings. The number of aliphatic carboxylic acids is 1. The minimum absolute atomic E-state index is 0.0154. The van der Waals surface area contributed by atoms with Gasteiger partial charge in [0.1, 0.15) is 16.8 Å². The molecule has 1 atom stereocenters.